The van der Waals surface area contributed by atoms with Crippen molar-refractivity contribution in [1.29, 1.82) is 0 Å². The number of rotatable bonds is 7. The van der Waals surface area contributed by atoms with Gasteiger partial charge in [0.1, 0.15) is 5.82 Å². The zero-order valence-corrected chi connectivity index (χ0v) is 16.3. The second-order valence-corrected chi connectivity index (χ2v) is 7.08. The fourth-order valence-corrected chi connectivity index (χ4v) is 3.28. The number of anilines is 1. The monoisotopic (exact) mass is 410 g/mol. The van der Waals surface area contributed by atoms with E-state index >= 15 is 0 Å². The second kappa shape index (κ2) is 8.36. The first-order valence-electron chi connectivity index (χ1n) is 9.24. The molecule has 7 nitrogen and oxygen atoms in total. The quantitative estimate of drug-likeness (QED) is 0.500. The maximum absolute atomic E-state index is 12.4. The third-order valence-corrected chi connectivity index (χ3v) is 4.84. The number of aryl methyl sites for hydroxylation is 1. The van der Waals surface area contributed by atoms with Crippen molar-refractivity contribution >= 4 is 34.4 Å². The SMILES string of the molecule is O=C(CCCn1c(=O)oc2ccccc21)Nc1ccnn1Cc1ccc(Cl)cc1. The van der Waals surface area contributed by atoms with Crippen LogP contribution < -0.4 is 11.1 Å². The Labute approximate surface area is 171 Å². The molecule has 0 saturated carbocycles. The molecule has 0 aliphatic heterocycles. The van der Waals surface area contributed by atoms with Crippen LogP contribution in [0.4, 0.5) is 5.82 Å². The van der Waals surface area contributed by atoms with Crippen LogP contribution in [-0.4, -0.2) is 20.3 Å². The molecule has 0 aliphatic carbocycles. The number of oxazole rings is 1. The highest BCUT2D eigenvalue weighted by Gasteiger charge is 2.11. The summed E-state index contributed by atoms with van der Waals surface area (Å²) in [6.07, 6.45) is 2.43. The summed E-state index contributed by atoms with van der Waals surface area (Å²) in [6, 6.07) is 16.5. The zero-order valence-electron chi connectivity index (χ0n) is 15.5. The number of para-hydroxylation sites is 2. The lowest BCUT2D eigenvalue weighted by molar-refractivity contribution is -0.116. The van der Waals surface area contributed by atoms with Crippen LogP contribution >= 0.6 is 11.6 Å². The predicted molar refractivity (Wildman–Crippen MR) is 111 cm³/mol. The number of benzene rings is 2. The smallest absolute Gasteiger partial charge is 0.408 e. The summed E-state index contributed by atoms with van der Waals surface area (Å²) < 4.78 is 8.47. The predicted octanol–water partition coefficient (Wildman–Crippen LogP) is 3.91. The molecule has 0 radical (unpaired) electrons. The van der Waals surface area contributed by atoms with Crippen LogP contribution in [0.1, 0.15) is 18.4 Å². The molecule has 2 aromatic heterocycles. The van der Waals surface area contributed by atoms with Gasteiger partial charge in [0.25, 0.3) is 0 Å². The number of hydrogen-bond donors (Lipinski definition) is 1. The summed E-state index contributed by atoms with van der Waals surface area (Å²) >= 11 is 5.91. The first-order chi connectivity index (χ1) is 14.1. The number of nitrogens with one attached hydrogen (secondary N) is 1. The van der Waals surface area contributed by atoms with Crippen molar-refractivity contribution in [2.24, 2.45) is 0 Å². The molecule has 148 valence electrons. The van der Waals surface area contributed by atoms with Crippen molar-refractivity contribution in [3.63, 3.8) is 0 Å². The molecule has 8 heteroatoms. The molecule has 0 bridgehead atoms. The average molecular weight is 411 g/mol. The summed E-state index contributed by atoms with van der Waals surface area (Å²) in [5.41, 5.74) is 2.31. The van der Waals surface area contributed by atoms with Crippen LogP contribution in [0.5, 0.6) is 0 Å². The molecule has 0 aliphatic rings. The minimum atomic E-state index is -0.410. The van der Waals surface area contributed by atoms with Gasteiger partial charge in [-0.15, -0.1) is 0 Å². The lowest BCUT2D eigenvalue weighted by Gasteiger charge is -2.09. The van der Waals surface area contributed by atoms with Crippen molar-refractivity contribution in [3.05, 3.63) is 81.9 Å². The molecule has 0 unspecified atom stereocenters. The Morgan fingerprint density at radius 3 is 2.72 bits per heavy atom. The van der Waals surface area contributed by atoms with E-state index in [1.54, 1.807) is 27.6 Å². The van der Waals surface area contributed by atoms with Crippen molar-refractivity contribution in [1.82, 2.24) is 14.3 Å². The molecule has 29 heavy (non-hydrogen) atoms. The summed E-state index contributed by atoms with van der Waals surface area (Å²) in [5.74, 6) is 0.0761. The lowest BCUT2D eigenvalue weighted by atomic mass is 10.2. The minimum absolute atomic E-state index is 0.135. The standard InChI is InChI=1S/C21H19ClN4O3/c22-16-9-7-15(8-10-16)14-26-19(11-12-23-26)24-20(27)6-3-13-25-17-4-1-2-5-18(17)29-21(25)28/h1-2,4-5,7-12H,3,6,13-14H2,(H,24,27). The number of amides is 1. The molecule has 4 rings (SSSR count). The summed E-state index contributed by atoms with van der Waals surface area (Å²) in [4.78, 5) is 24.3. The fourth-order valence-electron chi connectivity index (χ4n) is 3.16. The van der Waals surface area contributed by atoms with Gasteiger partial charge in [-0.05, 0) is 36.2 Å². The zero-order chi connectivity index (χ0) is 20.2. The van der Waals surface area contributed by atoms with Gasteiger partial charge in [0, 0.05) is 24.1 Å². The van der Waals surface area contributed by atoms with Gasteiger partial charge >= 0.3 is 5.76 Å². The van der Waals surface area contributed by atoms with Crippen LogP contribution in [0, 0.1) is 0 Å². The summed E-state index contributed by atoms with van der Waals surface area (Å²) in [5, 5.41) is 7.82. The topological polar surface area (TPSA) is 82.1 Å². The van der Waals surface area contributed by atoms with E-state index in [1.165, 1.54) is 0 Å². The maximum Gasteiger partial charge on any atom is 0.419 e. The largest absolute Gasteiger partial charge is 0.419 e. The molecule has 2 heterocycles. The molecule has 1 amide bonds. The number of hydrogen-bond acceptors (Lipinski definition) is 4. The van der Waals surface area contributed by atoms with Gasteiger partial charge in [-0.2, -0.15) is 5.10 Å². The van der Waals surface area contributed by atoms with E-state index in [9.17, 15) is 9.59 Å². The summed E-state index contributed by atoms with van der Waals surface area (Å²) in [6.45, 7) is 0.934. The maximum atomic E-state index is 12.4. The Morgan fingerprint density at radius 1 is 1.10 bits per heavy atom. The van der Waals surface area contributed by atoms with Gasteiger partial charge < -0.3 is 9.73 Å². The van der Waals surface area contributed by atoms with Crippen molar-refractivity contribution in [2.75, 3.05) is 5.32 Å². The van der Waals surface area contributed by atoms with E-state index in [0.29, 0.717) is 35.9 Å². The van der Waals surface area contributed by atoms with Gasteiger partial charge in [0.15, 0.2) is 5.58 Å². The van der Waals surface area contributed by atoms with Crippen molar-refractivity contribution in [3.8, 4) is 0 Å². The Morgan fingerprint density at radius 2 is 1.90 bits per heavy atom. The molecular formula is C21H19ClN4O3. The number of carbonyl (C=O) groups is 1. The third kappa shape index (κ3) is 4.41. The average Bonchev–Trinajstić information content (AvgIpc) is 3.27. The van der Waals surface area contributed by atoms with Crippen molar-refractivity contribution in [2.45, 2.75) is 25.9 Å². The van der Waals surface area contributed by atoms with Gasteiger partial charge in [0.05, 0.1) is 18.3 Å². The number of aromatic nitrogens is 3. The fraction of sp³-hybridized carbons (Fsp3) is 0.190. The van der Waals surface area contributed by atoms with Gasteiger partial charge in [-0.25, -0.2) is 9.48 Å². The van der Waals surface area contributed by atoms with Crippen molar-refractivity contribution < 1.29 is 9.21 Å². The highest BCUT2D eigenvalue weighted by molar-refractivity contribution is 6.30. The van der Waals surface area contributed by atoms with E-state index in [0.717, 1.165) is 11.1 Å². The van der Waals surface area contributed by atoms with Gasteiger partial charge in [-0.1, -0.05) is 35.9 Å². The number of carbonyl (C=O) groups excluding carboxylic acids is 1. The second-order valence-electron chi connectivity index (χ2n) is 6.64. The Kier molecular flexibility index (Phi) is 5.48. The van der Waals surface area contributed by atoms with Gasteiger partial charge in [-0.3, -0.25) is 9.36 Å². The van der Waals surface area contributed by atoms with E-state index in [-0.39, 0.29) is 12.3 Å². The highest BCUT2D eigenvalue weighted by atomic mass is 35.5. The Bertz CT molecular complexity index is 1190. The summed E-state index contributed by atoms with van der Waals surface area (Å²) in [7, 11) is 0. The molecule has 0 atom stereocenters. The van der Waals surface area contributed by atoms with E-state index in [4.69, 9.17) is 16.0 Å². The molecule has 2 aromatic carbocycles. The first kappa shape index (κ1) is 19.0. The van der Waals surface area contributed by atoms with E-state index in [2.05, 4.69) is 10.4 Å². The first-order valence-corrected chi connectivity index (χ1v) is 9.62. The highest BCUT2D eigenvalue weighted by Crippen LogP contribution is 2.15. The van der Waals surface area contributed by atoms with E-state index in [1.807, 2.05) is 42.5 Å². The van der Waals surface area contributed by atoms with Crippen LogP contribution in [0.25, 0.3) is 11.1 Å². The van der Waals surface area contributed by atoms with E-state index < -0.39 is 5.76 Å². The molecule has 0 spiro atoms. The Balaban J connectivity index is 1.34. The number of halogens is 1. The van der Waals surface area contributed by atoms with Crippen LogP contribution in [0.15, 0.2) is 70.0 Å². The van der Waals surface area contributed by atoms with Crippen LogP contribution in [-0.2, 0) is 17.9 Å². The van der Waals surface area contributed by atoms with Crippen LogP contribution in [0.2, 0.25) is 5.02 Å². The molecule has 0 saturated heterocycles. The molecule has 0 fully saturated rings. The molecular weight excluding hydrogens is 392 g/mol. The van der Waals surface area contributed by atoms with Crippen LogP contribution in [0.3, 0.4) is 0 Å². The number of fused-ring (bicyclic) bond motifs is 1. The number of nitrogens with zero attached hydrogens (tertiary/aromatic N) is 3. The normalized spacial score (nSPS) is 11.1. The Hall–Kier alpha value is -3.32. The minimum Gasteiger partial charge on any atom is -0.408 e. The molecule has 4 aromatic rings. The van der Waals surface area contributed by atoms with Gasteiger partial charge in [0.2, 0.25) is 5.91 Å². The molecule has 1 N–H and O–H groups in total. The third-order valence-electron chi connectivity index (χ3n) is 4.59. The lowest BCUT2D eigenvalue weighted by Crippen LogP contribution is -2.18.